The Bertz CT molecular complexity index is 979. The van der Waals surface area contributed by atoms with Gasteiger partial charge in [0.2, 0.25) is 0 Å². The number of benzene rings is 2. The molecule has 0 bridgehead atoms. The number of piperazine rings is 1. The van der Waals surface area contributed by atoms with Crippen LogP contribution in [0.25, 0.3) is 11.0 Å². The summed E-state index contributed by atoms with van der Waals surface area (Å²) in [4.78, 5) is 29.0. The summed E-state index contributed by atoms with van der Waals surface area (Å²) in [6.07, 6.45) is 0. The summed E-state index contributed by atoms with van der Waals surface area (Å²) in [5.74, 6) is -0.246. The number of fused-ring (bicyclic) bond motifs is 1. The van der Waals surface area contributed by atoms with E-state index in [4.69, 9.17) is 4.42 Å². The summed E-state index contributed by atoms with van der Waals surface area (Å²) in [5, 5.41) is 0.762. The Morgan fingerprint density at radius 1 is 0.926 bits per heavy atom. The quantitative estimate of drug-likeness (QED) is 0.651. The highest BCUT2D eigenvalue weighted by Crippen LogP contribution is 2.15. The molecule has 4 rings (SSSR count). The van der Waals surface area contributed by atoms with Crippen molar-refractivity contribution in [2.24, 2.45) is 0 Å². The first kappa shape index (κ1) is 19.1. The van der Waals surface area contributed by atoms with Crippen molar-refractivity contribution in [2.45, 2.75) is 6.54 Å². The molecule has 6 heteroatoms. The average Bonchev–Trinajstić information content (AvgIpc) is 2.68. The van der Waals surface area contributed by atoms with Crippen molar-refractivity contribution in [1.82, 2.24) is 9.80 Å². The molecule has 2 aromatic carbocycles. The lowest BCUT2D eigenvalue weighted by Crippen LogP contribution is -2.49. The number of nitrogens with zero attached hydrogens (tertiary/aromatic N) is 2. The van der Waals surface area contributed by atoms with Crippen LogP contribution in [0.1, 0.15) is 15.9 Å². The summed E-state index contributed by atoms with van der Waals surface area (Å²) < 4.78 is 5.29. The van der Waals surface area contributed by atoms with Crippen LogP contribution in [0, 0.1) is 0 Å². The number of carbonyl (C=O) groups excluding carboxylic acids is 1. The molecule has 0 radical (unpaired) electrons. The minimum atomic E-state index is -0.569. The third-order valence-electron chi connectivity index (χ3n) is 4.78. The standard InChI is InChI=1S/C21H20N2O3.ClH/c24-20(18-14-17-8-4-5-9-19(17)26-21(18)25)23-12-10-22(11-13-23)15-16-6-2-1-3-7-16;/h1-9,14H,10-13,15H2;1H. The smallest absolute Gasteiger partial charge is 0.349 e. The van der Waals surface area contributed by atoms with Crippen LogP contribution in [-0.2, 0) is 6.54 Å². The van der Waals surface area contributed by atoms with Gasteiger partial charge in [-0.1, -0.05) is 48.5 Å². The molecule has 1 aromatic heterocycles. The van der Waals surface area contributed by atoms with E-state index in [-0.39, 0.29) is 23.9 Å². The van der Waals surface area contributed by atoms with Crippen molar-refractivity contribution >= 4 is 29.3 Å². The van der Waals surface area contributed by atoms with E-state index in [1.54, 1.807) is 23.1 Å². The largest absolute Gasteiger partial charge is 0.422 e. The van der Waals surface area contributed by atoms with Gasteiger partial charge in [-0.3, -0.25) is 9.69 Å². The van der Waals surface area contributed by atoms with E-state index in [1.807, 2.05) is 30.3 Å². The fraction of sp³-hybridized carbons (Fsp3) is 0.238. The first-order chi connectivity index (χ1) is 12.7. The van der Waals surface area contributed by atoms with Crippen molar-refractivity contribution in [1.29, 1.82) is 0 Å². The lowest BCUT2D eigenvalue weighted by molar-refractivity contribution is 0.0624. The third kappa shape index (κ3) is 4.21. The van der Waals surface area contributed by atoms with Gasteiger partial charge in [0.15, 0.2) is 0 Å². The highest BCUT2D eigenvalue weighted by molar-refractivity contribution is 5.96. The lowest BCUT2D eigenvalue weighted by atomic mass is 10.1. The minimum absolute atomic E-state index is 0. The molecule has 5 nitrogen and oxygen atoms in total. The fourth-order valence-corrected chi connectivity index (χ4v) is 3.33. The molecule has 0 spiro atoms. The Hall–Kier alpha value is -2.63. The first-order valence-corrected chi connectivity index (χ1v) is 8.79. The van der Waals surface area contributed by atoms with E-state index in [0.717, 1.165) is 25.0 Å². The molecule has 1 aliphatic rings. The van der Waals surface area contributed by atoms with Gasteiger partial charge in [-0.25, -0.2) is 4.79 Å². The zero-order valence-electron chi connectivity index (χ0n) is 14.8. The summed E-state index contributed by atoms with van der Waals surface area (Å²) >= 11 is 0. The molecule has 1 fully saturated rings. The van der Waals surface area contributed by atoms with Gasteiger partial charge in [-0.05, 0) is 17.7 Å². The van der Waals surface area contributed by atoms with Gasteiger partial charge < -0.3 is 9.32 Å². The molecule has 1 aliphatic heterocycles. The van der Waals surface area contributed by atoms with Gasteiger partial charge in [0.1, 0.15) is 11.1 Å². The Morgan fingerprint density at radius 2 is 1.59 bits per heavy atom. The zero-order chi connectivity index (χ0) is 17.9. The normalized spacial score (nSPS) is 14.7. The molecule has 0 unspecified atom stereocenters. The Labute approximate surface area is 163 Å². The monoisotopic (exact) mass is 384 g/mol. The number of rotatable bonds is 3. The predicted octanol–water partition coefficient (Wildman–Crippen LogP) is 3.17. The minimum Gasteiger partial charge on any atom is -0.422 e. The molecule has 1 saturated heterocycles. The number of hydrogen-bond donors (Lipinski definition) is 0. The van der Waals surface area contributed by atoms with Gasteiger partial charge in [0, 0.05) is 38.1 Å². The second-order valence-corrected chi connectivity index (χ2v) is 6.54. The van der Waals surface area contributed by atoms with Gasteiger partial charge >= 0.3 is 5.63 Å². The van der Waals surface area contributed by atoms with Crippen LogP contribution in [-0.4, -0.2) is 41.9 Å². The van der Waals surface area contributed by atoms with Crippen molar-refractivity contribution in [3.63, 3.8) is 0 Å². The van der Waals surface area contributed by atoms with Crippen molar-refractivity contribution in [3.8, 4) is 0 Å². The van der Waals surface area contributed by atoms with Gasteiger partial charge in [-0.2, -0.15) is 0 Å². The van der Waals surface area contributed by atoms with Crippen molar-refractivity contribution in [3.05, 3.63) is 82.2 Å². The van der Waals surface area contributed by atoms with Crippen LogP contribution in [0.3, 0.4) is 0 Å². The Balaban J connectivity index is 0.00000210. The predicted molar refractivity (Wildman–Crippen MR) is 107 cm³/mol. The molecule has 140 valence electrons. The fourth-order valence-electron chi connectivity index (χ4n) is 3.33. The number of amides is 1. The summed E-state index contributed by atoms with van der Waals surface area (Å²) in [6, 6.07) is 19.2. The van der Waals surface area contributed by atoms with E-state index in [0.29, 0.717) is 18.7 Å². The Kier molecular flexibility index (Phi) is 5.94. The highest BCUT2D eigenvalue weighted by atomic mass is 35.5. The molecule has 0 saturated carbocycles. The molecular formula is C21H21ClN2O3. The maximum absolute atomic E-state index is 12.8. The lowest BCUT2D eigenvalue weighted by Gasteiger charge is -2.34. The average molecular weight is 385 g/mol. The van der Waals surface area contributed by atoms with Crippen LogP contribution in [0.4, 0.5) is 0 Å². The van der Waals surface area contributed by atoms with Gasteiger partial charge in [-0.15, -0.1) is 12.4 Å². The van der Waals surface area contributed by atoms with Crippen LogP contribution >= 0.6 is 12.4 Å². The van der Waals surface area contributed by atoms with Gasteiger partial charge in [0.05, 0.1) is 0 Å². The molecule has 27 heavy (non-hydrogen) atoms. The van der Waals surface area contributed by atoms with Crippen LogP contribution in [0.15, 0.2) is 69.9 Å². The number of para-hydroxylation sites is 1. The van der Waals surface area contributed by atoms with Crippen LogP contribution < -0.4 is 5.63 Å². The van der Waals surface area contributed by atoms with E-state index in [1.165, 1.54) is 5.56 Å². The molecule has 1 amide bonds. The van der Waals surface area contributed by atoms with E-state index in [2.05, 4.69) is 17.0 Å². The second kappa shape index (κ2) is 8.37. The van der Waals surface area contributed by atoms with Crippen molar-refractivity contribution in [2.75, 3.05) is 26.2 Å². The Morgan fingerprint density at radius 3 is 2.33 bits per heavy atom. The molecule has 0 N–H and O–H groups in total. The molecule has 0 atom stereocenters. The topological polar surface area (TPSA) is 53.8 Å². The van der Waals surface area contributed by atoms with E-state index < -0.39 is 5.63 Å². The van der Waals surface area contributed by atoms with Crippen molar-refractivity contribution < 1.29 is 9.21 Å². The SMILES string of the molecule is Cl.O=C(c1cc2ccccc2oc1=O)N1CCN(Cc2ccccc2)CC1. The summed E-state index contributed by atoms with van der Waals surface area (Å²) in [7, 11) is 0. The first-order valence-electron chi connectivity index (χ1n) is 8.79. The number of halogens is 1. The third-order valence-corrected chi connectivity index (χ3v) is 4.78. The molecular weight excluding hydrogens is 364 g/mol. The summed E-state index contributed by atoms with van der Waals surface area (Å²) in [5.41, 5.74) is 1.31. The summed E-state index contributed by atoms with van der Waals surface area (Å²) in [6.45, 7) is 3.68. The van der Waals surface area contributed by atoms with Crippen LogP contribution in [0.5, 0.6) is 0 Å². The molecule has 2 heterocycles. The number of hydrogen-bond acceptors (Lipinski definition) is 4. The molecule has 3 aromatic rings. The molecule has 0 aliphatic carbocycles. The maximum Gasteiger partial charge on any atom is 0.349 e. The van der Waals surface area contributed by atoms with E-state index in [9.17, 15) is 9.59 Å². The second-order valence-electron chi connectivity index (χ2n) is 6.54. The zero-order valence-corrected chi connectivity index (χ0v) is 15.7. The maximum atomic E-state index is 12.8. The highest BCUT2D eigenvalue weighted by Gasteiger charge is 2.24. The van der Waals surface area contributed by atoms with E-state index >= 15 is 0 Å². The van der Waals surface area contributed by atoms with Gasteiger partial charge in [0.25, 0.3) is 5.91 Å². The number of carbonyl (C=O) groups is 1. The van der Waals surface area contributed by atoms with Crippen LogP contribution in [0.2, 0.25) is 0 Å².